The molecule has 11 heteroatoms. The number of aryl methyl sites for hydroxylation is 1. The third-order valence-corrected chi connectivity index (χ3v) is 3.69. The lowest BCUT2D eigenvalue weighted by molar-refractivity contribution is -0.145. The van der Waals surface area contributed by atoms with E-state index in [1.54, 1.807) is 18.2 Å². The number of hydrogen-bond acceptors (Lipinski definition) is 4. The highest BCUT2D eigenvalue weighted by molar-refractivity contribution is 5.46. The van der Waals surface area contributed by atoms with Gasteiger partial charge >= 0.3 is 12.4 Å². The molecule has 1 atom stereocenters. The van der Waals surface area contributed by atoms with Crippen LogP contribution in [0.2, 0.25) is 0 Å². The fourth-order valence-corrected chi connectivity index (χ4v) is 2.49. The van der Waals surface area contributed by atoms with Gasteiger partial charge in [0.25, 0.3) is 11.6 Å². The molecule has 0 aliphatic heterocycles. The van der Waals surface area contributed by atoms with Crippen molar-refractivity contribution in [1.82, 2.24) is 19.6 Å². The minimum atomic E-state index is -4.84. The van der Waals surface area contributed by atoms with E-state index in [9.17, 15) is 26.3 Å². The normalized spacial score (nSPS) is 13.7. The Labute approximate surface area is 149 Å². The standard InChI is InChI=1S/C16H13F6N5/c1-9-7-12(27-14(23-9)25-13(26-27)16(20,21)22)24-11(15(17,18)19)8-10-5-3-2-4-6-10/h2-7,11,24H,8H2,1H3/t11-/m0/s1. The number of anilines is 1. The zero-order valence-corrected chi connectivity index (χ0v) is 13.8. The molecule has 0 saturated heterocycles. The molecule has 0 aliphatic rings. The Kier molecular flexibility index (Phi) is 4.70. The number of aromatic nitrogens is 4. The van der Waals surface area contributed by atoms with Gasteiger partial charge in [-0.1, -0.05) is 30.3 Å². The van der Waals surface area contributed by atoms with Gasteiger partial charge in [0.2, 0.25) is 0 Å². The number of nitrogens with zero attached hydrogens (tertiary/aromatic N) is 4. The molecule has 0 saturated carbocycles. The van der Waals surface area contributed by atoms with E-state index in [-0.39, 0.29) is 11.5 Å². The third-order valence-electron chi connectivity index (χ3n) is 3.69. The van der Waals surface area contributed by atoms with Crippen LogP contribution in [0, 0.1) is 6.92 Å². The molecular formula is C16H13F6N5. The van der Waals surface area contributed by atoms with Crippen LogP contribution in [-0.2, 0) is 12.6 Å². The first-order valence-corrected chi connectivity index (χ1v) is 7.73. The average molecular weight is 389 g/mol. The summed E-state index contributed by atoms with van der Waals surface area (Å²) in [4.78, 5) is 7.05. The van der Waals surface area contributed by atoms with Crippen LogP contribution in [0.15, 0.2) is 36.4 Å². The molecule has 0 bridgehead atoms. The zero-order valence-electron chi connectivity index (χ0n) is 13.8. The maximum atomic E-state index is 13.5. The van der Waals surface area contributed by atoms with Crippen molar-refractivity contribution in [1.29, 1.82) is 0 Å². The monoisotopic (exact) mass is 389 g/mol. The highest BCUT2D eigenvalue weighted by Gasteiger charge is 2.41. The number of fused-ring (bicyclic) bond motifs is 1. The van der Waals surface area contributed by atoms with Crippen molar-refractivity contribution in [3.63, 3.8) is 0 Å². The molecule has 0 aliphatic carbocycles. The van der Waals surface area contributed by atoms with Crippen LogP contribution in [0.5, 0.6) is 0 Å². The van der Waals surface area contributed by atoms with Crippen molar-refractivity contribution in [2.45, 2.75) is 31.7 Å². The molecule has 144 valence electrons. The van der Waals surface area contributed by atoms with Gasteiger partial charge in [0, 0.05) is 18.2 Å². The fourth-order valence-electron chi connectivity index (χ4n) is 2.49. The number of benzene rings is 1. The van der Waals surface area contributed by atoms with Gasteiger partial charge in [-0.25, -0.2) is 4.98 Å². The second-order valence-corrected chi connectivity index (χ2v) is 5.86. The summed E-state index contributed by atoms with van der Waals surface area (Å²) in [6.07, 6.45) is -9.90. The van der Waals surface area contributed by atoms with Crippen LogP contribution >= 0.6 is 0 Å². The maximum Gasteiger partial charge on any atom is 0.453 e. The van der Waals surface area contributed by atoms with Crippen LogP contribution in [0.25, 0.3) is 5.78 Å². The third kappa shape index (κ3) is 4.29. The van der Waals surface area contributed by atoms with Crippen molar-refractivity contribution in [3.8, 4) is 0 Å². The molecule has 2 heterocycles. The lowest BCUT2D eigenvalue weighted by Gasteiger charge is -2.23. The lowest BCUT2D eigenvalue weighted by atomic mass is 10.1. The van der Waals surface area contributed by atoms with E-state index >= 15 is 0 Å². The second-order valence-electron chi connectivity index (χ2n) is 5.86. The van der Waals surface area contributed by atoms with Crippen LogP contribution in [0.3, 0.4) is 0 Å². The Bertz CT molecular complexity index is 932. The summed E-state index contributed by atoms with van der Waals surface area (Å²) in [7, 11) is 0. The van der Waals surface area contributed by atoms with E-state index in [0.717, 1.165) is 0 Å². The van der Waals surface area contributed by atoms with Crippen molar-refractivity contribution < 1.29 is 26.3 Å². The van der Waals surface area contributed by atoms with Gasteiger partial charge in [0.1, 0.15) is 11.9 Å². The van der Waals surface area contributed by atoms with Gasteiger partial charge in [0.05, 0.1) is 0 Å². The molecule has 5 nitrogen and oxygen atoms in total. The minimum Gasteiger partial charge on any atom is -0.358 e. The smallest absolute Gasteiger partial charge is 0.358 e. The van der Waals surface area contributed by atoms with Gasteiger partial charge in [-0.05, 0) is 12.5 Å². The van der Waals surface area contributed by atoms with E-state index in [4.69, 9.17) is 0 Å². The summed E-state index contributed by atoms with van der Waals surface area (Å²) in [6.45, 7) is 1.44. The van der Waals surface area contributed by atoms with E-state index in [1.807, 2.05) is 0 Å². The molecule has 27 heavy (non-hydrogen) atoms. The molecule has 3 rings (SSSR count). The van der Waals surface area contributed by atoms with E-state index in [1.165, 1.54) is 25.1 Å². The fraction of sp³-hybridized carbons (Fsp3) is 0.312. The van der Waals surface area contributed by atoms with Crippen LogP contribution in [0.1, 0.15) is 17.1 Å². The van der Waals surface area contributed by atoms with E-state index in [2.05, 4.69) is 20.4 Å². The molecule has 2 aromatic heterocycles. The molecule has 0 spiro atoms. The first-order valence-electron chi connectivity index (χ1n) is 7.73. The molecule has 0 amide bonds. The van der Waals surface area contributed by atoms with E-state index < -0.39 is 36.4 Å². The number of halogens is 6. The van der Waals surface area contributed by atoms with Crippen molar-refractivity contribution >= 4 is 11.6 Å². The van der Waals surface area contributed by atoms with Gasteiger partial charge in [-0.2, -0.15) is 35.8 Å². The Morgan fingerprint density at radius 3 is 2.30 bits per heavy atom. The molecular weight excluding hydrogens is 376 g/mol. The number of nitrogens with one attached hydrogen (secondary N) is 1. The Morgan fingerprint density at radius 1 is 1.04 bits per heavy atom. The Balaban J connectivity index is 2.00. The Hall–Kier alpha value is -2.85. The van der Waals surface area contributed by atoms with Crippen LogP contribution in [-0.4, -0.2) is 31.8 Å². The summed E-state index contributed by atoms with van der Waals surface area (Å²) in [6, 6.07) is 7.09. The van der Waals surface area contributed by atoms with E-state index in [0.29, 0.717) is 10.1 Å². The van der Waals surface area contributed by atoms with Crippen LogP contribution < -0.4 is 5.32 Å². The minimum absolute atomic E-state index is 0.201. The molecule has 3 aromatic rings. The van der Waals surface area contributed by atoms with Gasteiger partial charge in [-0.3, -0.25) is 0 Å². The summed E-state index contributed by atoms with van der Waals surface area (Å²) in [5.74, 6) is -2.19. The van der Waals surface area contributed by atoms with Crippen molar-refractivity contribution in [2.24, 2.45) is 0 Å². The highest BCUT2D eigenvalue weighted by atomic mass is 19.4. The van der Waals surface area contributed by atoms with Gasteiger partial charge < -0.3 is 5.32 Å². The molecule has 0 radical (unpaired) electrons. The number of hydrogen-bond donors (Lipinski definition) is 1. The Morgan fingerprint density at radius 2 is 1.70 bits per heavy atom. The first kappa shape index (κ1) is 18.9. The summed E-state index contributed by atoms with van der Waals surface area (Å²) in [5, 5.41) is 5.50. The molecule has 0 unspecified atom stereocenters. The maximum absolute atomic E-state index is 13.5. The van der Waals surface area contributed by atoms with Gasteiger partial charge in [0.15, 0.2) is 0 Å². The van der Waals surface area contributed by atoms with Crippen molar-refractivity contribution in [2.75, 3.05) is 5.32 Å². The average Bonchev–Trinajstić information content (AvgIpc) is 2.98. The predicted octanol–water partition coefficient (Wildman–Crippen LogP) is 4.04. The highest BCUT2D eigenvalue weighted by Crippen LogP contribution is 2.29. The van der Waals surface area contributed by atoms with Crippen molar-refractivity contribution in [3.05, 3.63) is 53.5 Å². The zero-order chi connectivity index (χ0) is 19.8. The topological polar surface area (TPSA) is 55.1 Å². The second kappa shape index (κ2) is 6.71. The number of rotatable bonds is 4. The van der Waals surface area contributed by atoms with Gasteiger partial charge in [-0.15, -0.1) is 5.10 Å². The van der Waals surface area contributed by atoms with Crippen LogP contribution in [0.4, 0.5) is 32.2 Å². The SMILES string of the molecule is Cc1cc(N[C@@H](Cc2ccccc2)C(F)(F)F)n2nc(C(F)(F)F)nc2n1. The lowest BCUT2D eigenvalue weighted by Crippen LogP contribution is -2.38. The molecule has 1 N–H and O–H groups in total. The summed E-state index contributed by atoms with van der Waals surface area (Å²) < 4.78 is 79.6. The molecule has 1 aromatic carbocycles. The first-order chi connectivity index (χ1) is 12.5. The quantitative estimate of drug-likeness (QED) is 0.685. The summed E-state index contributed by atoms with van der Waals surface area (Å²) >= 11 is 0. The predicted molar refractivity (Wildman–Crippen MR) is 84.1 cm³/mol. The summed E-state index contributed by atoms with van der Waals surface area (Å²) in [5.41, 5.74) is 0.621. The largest absolute Gasteiger partial charge is 0.453 e. The number of alkyl halides is 6. The molecule has 0 fully saturated rings.